The first kappa shape index (κ1) is 13.4. The third-order valence-electron chi connectivity index (χ3n) is 2.39. The van der Waals surface area contributed by atoms with Gasteiger partial charge in [-0.15, -0.1) is 11.6 Å². The lowest BCUT2D eigenvalue weighted by Crippen LogP contribution is -2.21. The molecule has 1 rings (SSSR count). The molecule has 0 aliphatic heterocycles. The van der Waals surface area contributed by atoms with Crippen LogP contribution < -0.4 is 5.73 Å². The van der Waals surface area contributed by atoms with Crippen LogP contribution in [0.2, 0.25) is 0 Å². The van der Waals surface area contributed by atoms with Crippen LogP contribution in [0.15, 0.2) is 18.2 Å². The van der Waals surface area contributed by atoms with E-state index in [9.17, 15) is 14.6 Å². The second kappa shape index (κ2) is 6.15. The van der Waals surface area contributed by atoms with Crippen molar-refractivity contribution in [2.45, 2.75) is 24.5 Å². The molecule has 16 heavy (non-hydrogen) atoms. The Labute approximate surface area is 98.7 Å². The lowest BCUT2D eigenvalue weighted by atomic mass is 10.0. The van der Waals surface area contributed by atoms with Gasteiger partial charge in [0.1, 0.15) is 11.9 Å². The largest absolute Gasteiger partial charge is 0.390 e. The van der Waals surface area contributed by atoms with E-state index < -0.39 is 18.0 Å². The first-order chi connectivity index (χ1) is 7.60. The minimum absolute atomic E-state index is 0.0769. The predicted octanol–water partition coefficient (Wildman–Crippen LogP) is 1.31. The molecule has 0 spiro atoms. The molecule has 0 aromatic heterocycles. The van der Waals surface area contributed by atoms with Crippen molar-refractivity contribution in [2.24, 2.45) is 5.73 Å². The summed E-state index contributed by atoms with van der Waals surface area (Å²) >= 11 is 5.51. The number of alkyl halides is 1. The van der Waals surface area contributed by atoms with Crippen LogP contribution in [0.4, 0.5) is 4.39 Å². The third kappa shape index (κ3) is 3.15. The summed E-state index contributed by atoms with van der Waals surface area (Å²) in [5, 5.41) is 19.2. The van der Waals surface area contributed by atoms with Gasteiger partial charge in [0.15, 0.2) is 0 Å². The van der Waals surface area contributed by atoms with Gasteiger partial charge in [-0.05, 0) is 24.6 Å². The predicted molar refractivity (Wildman–Crippen MR) is 60.6 cm³/mol. The van der Waals surface area contributed by atoms with Crippen molar-refractivity contribution in [1.82, 2.24) is 0 Å². The normalized spacial score (nSPS) is 14.8. The minimum Gasteiger partial charge on any atom is -0.390 e. The molecule has 2 unspecified atom stereocenters. The van der Waals surface area contributed by atoms with Crippen LogP contribution in [0.25, 0.3) is 0 Å². The number of aliphatic hydroxyl groups excluding tert-OH is 2. The van der Waals surface area contributed by atoms with E-state index in [1.54, 1.807) is 6.07 Å². The van der Waals surface area contributed by atoms with Crippen molar-refractivity contribution in [2.75, 3.05) is 6.54 Å². The highest BCUT2D eigenvalue weighted by molar-refractivity contribution is 6.17. The summed E-state index contributed by atoms with van der Waals surface area (Å²) in [6, 6.07) is 4.23. The van der Waals surface area contributed by atoms with E-state index in [4.69, 9.17) is 17.3 Å². The molecule has 0 fully saturated rings. The average molecular weight is 248 g/mol. The van der Waals surface area contributed by atoms with Crippen LogP contribution in [0.3, 0.4) is 0 Å². The number of hydrogen-bond acceptors (Lipinski definition) is 3. The lowest BCUT2D eigenvalue weighted by Gasteiger charge is -2.17. The Balaban J connectivity index is 2.84. The van der Waals surface area contributed by atoms with Gasteiger partial charge in [-0.3, -0.25) is 0 Å². The van der Waals surface area contributed by atoms with E-state index in [0.29, 0.717) is 11.1 Å². The van der Waals surface area contributed by atoms with Gasteiger partial charge in [0.05, 0.1) is 12.0 Å². The van der Waals surface area contributed by atoms with E-state index in [1.807, 2.05) is 0 Å². The number of hydrogen-bond donors (Lipinski definition) is 3. The Bertz CT molecular complexity index is 349. The summed E-state index contributed by atoms with van der Waals surface area (Å²) in [6.07, 6.45) is -1.84. The molecule has 5 heteroatoms. The maximum absolute atomic E-state index is 13.4. The fourth-order valence-corrected chi connectivity index (χ4v) is 1.62. The molecule has 1 aromatic rings. The quantitative estimate of drug-likeness (QED) is 0.688. The first-order valence-electron chi connectivity index (χ1n) is 5.00. The third-order valence-corrected chi connectivity index (χ3v) is 2.68. The highest BCUT2D eigenvalue weighted by atomic mass is 35.5. The molecule has 0 radical (unpaired) electrons. The van der Waals surface area contributed by atoms with Crippen molar-refractivity contribution in [3.8, 4) is 0 Å². The summed E-state index contributed by atoms with van der Waals surface area (Å²) < 4.78 is 13.4. The van der Waals surface area contributed by atoms with Crippen LogP contribution >= 0.6 is 11.6 Å². The fourth-order valence-electron chi connectivity index (χ4n) is 1.41. The number of halogens is 2. The molecule has 0 amide bonds. The van der Waals surface area contributed by atoms with Gasteiger partial charge in [-0.25, -0.2) is 4.39 Å². The van der Waals surface area contributed by atoms with Gasteiger partial charge >= 0.3 is 0 Å². The Morgan fingerprint density at radius 3 is 2.56 bits per heavy atom. The average Bonchev–Trinajstić information content (AvgIpc) is 2.28. The zero-order chi connectivity index (χ0) is 12.1. The molecule has 0 aliphatic carbocycles. The van der Waals surface area contributed by atoms with Gasteiger partial charge < -0.3 is 15.9 Å². The molecule has 0 aliphatic rings. The Kier molecular flexibility index (Phi) is 5.15. The smallest absolute Gasteiger partial charge is 0.127 e. The van der Waals surface area contributed by atoms with Gasteiger partial charge in [-0.1, -0.05) is 12.1 Å². The lowest BCUT2D eigenvalue weighted by molar-refractivity contribution is 0.0148. The molecule has 0 heterocycles. The zero-order valence-electron chi connectivity index (χ0n) is 8.74. The number of rotatable bonds is 5. The maximum atomic E-state index is 13.4. The van der Waals surface area contributed by atoms with E-state index >= 15 is 0 Å². The Morgan fingerprint density at radius 2 is 2.06 bits per heavy atom. The summed E-state index contributed by atoms with van der Waals surface area (Å²) in [5.74, 6) is -0.403. The second-order valence-electron chi connectivity index (χ2n) is 3.57. The van der Waals surface area contributed by atoms with Crippen molar-refractivity contribution in [3.63, 3.8) is 0 Å². The Hall–Kier alpha value is -0.680. The molecule has 1 aromatic carbocycles. The van der Waals surface area contributed by atoms with Gasteiger partial charge in [-0.2, -0.15) is 0 Å². The molecular weight excluding hydrogens is 233 g/mol. The molecule has 0 saturated carbocycles. The number of aliphatic hydroxyl groups is 2. The summed E-state index contributed by atoms with van der Waals surface area (Å²) in [6.45, 7) is 0.264. The molecule has 0 bridgehead atoms. The maximum Gasteiger partial charge on any atom is 0.127 e. The summed E-state index contributed by atoms with van der Waals surface area (Å²) in [5.41, 5.74) is 5.95. The first-order valence-corrected chi connectivity index (χ1v) is 5.54. The van der Waals surface area contributed by atoms with E-state index in [1.165, 1.54) is 12.1 Å². The van der Waals surface area contributed by atoms with Crippen molar-refractivity contribution in [1.29, 1.82) is 0 Å². The van der Waals surface area contributed by atoms with Gasteiger partial charge in [0.25, 0.3) is 0 Å². The van der Waals surface area contributed by atoms with Crippen LogP contribution in [0, 0.1) is 5.82 Å². The van der Waals surface area contributed by atoms with Crippen molar-refractivity contribution >= 4 is 11.6 Å². The van der Waals surface area contributed by atoms with Gasteiger partial charge in [0, 0.05) is 5.56 Å². The molecule has 90 valence electrons. The van der Waals surface area contributed by atoms with Crippen molar-refractivity contribution < 1.29 is 14.6 Å². The molecule has 3 nitrogen and oxygen atoms in total. The fraction of sp³-hybridized carbons (Fsp3) is 0.455. The second-order valence-corrected chi connectivity index (χ2v) is 3.84. The summed E-state index contributed by atoms with van der Waals surface area (Å²) in [4.78, 5) is 0. The highest BCUT2D eigenvalue weighted by Crippen LogP contribution is 2.21. The monoisotopic (exact) mass is 247 g/mol. The van der Waals surface area contributed by atoms with Crippen molar-refractivity contribution in [3.05, 3.63) is 35.1 Å². The van der Waals surface area contributed by atoms with Crippen LogP contribution in [-0.2, 0) is 5.88 Å². The molecular formula is C11H15ClFNO2. The Morgan fingerprint density at radius 1 is 1.38 bits per heavy atom. The SMILES string of the molecule is NCCC(O)C(O)c1ccc(CCl)c(F)c1. The van der Waals surface area contributed by atoms with Crippen LogP contribution in [0.5, 0.6) is 0 Å². The van der Waals surface area contributed by atoms with E-state index in [2.05, 4.69) is 0 Å². The minimum atomic E-state index is -1.12. The van der Waals surface area contributed by atoms with Crippen LogP contribution in [-0.4, -0.2) is 22.9 Å². The number of nitrogens with two attached hydrogens (primary N) is 1. The highest BCUT2D eigenvalue weighted by Gasteiger charge is 2.18. The van der Waals surface area contributed by atoms with Gasteiger partial charge in [0.2, 0.25) is 0 Å². The molecule has 0 saturated heterocycles. The molecule has 2 atom stereocenters. The van der Waals surface area contributed by atoms with Crippen LogP contribution in [0.1, 0.15) is 23.7 Å². The molecule has 4 N–H and O–H groups in total. The zero-order valence-corrected chi connectivity index (χ0v) is 9.49. The van der Waals surface area contributed by atoms with E-state index in [0.717, 1.165) is 0 Å². The van der Waals surface area contributed by atoms with E-state index in [-0.39, 0.29) is 18.8 Å². The summed E-state index contributed by atoms with van der Waals surface area (Å²) in [7, 11) is 0. The topological polar surface area (TPSA) is 66.5 Å². The number of benzene rings is 1. The standard InChI is InChI=1S/C11H15ClFNO2/c12-6-8-2-1-7(5-9(8)13)11(16)10(15)3-4-14/h1-2,5,10-11,15-16H,3-4,6,14H2.